The summed E-state index contributed by atoms with van der Waals surface area (Å²) in [5, 5.41) is 3.23. The smallest absolute Gasteiger partial charge is 0.340 e. The molecule has 4 rings (SSSR count). The predicted octanol–water partition coefficient (Wildman–Crippen LogP) is 4.79. The van der Waals surface area contributed by atoms with E-state index in [0.29, 0.717) is 28.7 Å². The highest BCUT2D eigenvalue weighted by Gasteiger charge is 2.42. The molecule has 36 heavy (non-hydrogen) atoms. The second-order valence-corrected chi connectivity index (χ2v) is 8.95. The van der Waals surface area contributed by atoms with Crippen molar-refractivity contribution in [2.45, 2.75) is 32.3 Å². The number of anilines is 2. The number of carbonyl (C=O) groups excluding carboxylic acids is 3. The summed E-state index contributed by atoms with van der Waals surface area (Å²) in [4.78, 5) is 49.7. The van der Waals surface area contributed by atoms with Crippen LogP contribution in [0.1, 0.15) is 35.1 Å². The Morgan fingerprint density at radius 1 is 1.03 bits per heavy atom. The number of nitrogens with one attached hydrogen (secondary N) is 1. The van der Waals surface area contributed by atoms with Gasteiger partial charge in [0.2, 0.25) is 0 Å². The second-order valence-electron chi connectivity index (χ2n) is 7.97. The molecular weight excluding hydrogens is 483 g/mol. The molecule has 1 aliphatic heterocycles. The Morgan fingerprint density at radius 3 is 2.36 bits per heavy atom. The van der Waals surface area contributed by atoms with Crippen LogP contribution in [-0.4, -0.2) is 34.4 Å². The molecule has 0 bridgehead atoms. The number of halogens is 1. The fourth-order valence-corrected chi connectivity index (χ4v) is 4.54. The van der Waals surface area contributed by atoms with Crippen LogP contribution in [0.15, 0.2) is 70.4 Å². The SMILES string of the molecule is CCCOC(=O)c1ccccc1N1C(=O)C(Nc2ccc(F)cc2)=C(Sc2nc(C)cc(C)n2)C1=O. The molecule has 0 spiro atoms. The monoisotopic (exact) mass is 506 g/mol. The quantitative estimate of drug-likeness (QED) is 0.264. The molecule has 1 aliphatic rings. The van der Waals surface area contributed by atoms with E-state index >= 15 is 0 Å². The number of ether oxygens (including phenoxy) is 1. The summed E-state index contributed by atoms with van der Waals surface area (Å²) in [7, 11) is 0. The average Bonchev–Trinajstić information content (AvgIpc) is 3.07. The Kier molecular flexibility index (Phi) is 7.44. The van der Waals surface area contributed by atoms with Gasteiger partial charge in [0.05, 0.1) is 17.9 Å². The molecule has 8 nitrogen and oxygen atoms in total. The number of hydrogen-bond donors (Lipinski definition) is 1. The van der Waals surface area contributed by atoms with E-state index in [2.05, 4.69) is 15.3 Å². The van der Waals surface area contributed by atoms with Crippen molar-refractivity contribution in [2.24, 2.45) is 0 Å². The van der Waals surface area contributed by atoms with Crippen molar-refractivity contribution in [3.05, 3.63) is 88.0 Å². The van der Waals surface area contributed by atoms with Gasteiger partial charge < -0.3 is 10.1 Å². The lowest BCUT2D eigenvalue weighted by molar-refractivity contribution is -0.120. The molecule has 2 heterocycles. The summed E-state index contributed by atoms with van der Waals surface area (Å²) in [6.45, 7) is 5.67. The maximum absolute atomic E-state index is 13.7. The minimum absolute atomic E-state index is 0.0314. The molecule has 0 atom stereocenters. The van der Waals surface area contributed by atoms with Gasteiger partial charge in [0.1, 0.15) is 16.4 Å². The molecule has 184 valence electrons. The third kappa shape index (κ3) is 5.28. The van der Waals surface area contributed by atoms with Gasteiger partial charge in [-0.25, -0.2) is 24.1 Å². The van der Waals surface area contributed by atoms with E-state index in [1.807, 2.05) is 6.92 Å². The molecule has 10 heteroatoms. The van der Waals surface area contributed by atoms with Crippen molar-refractivity contribution in [1.29, 1.82) is 0 Å². The van der Waals surface area contributed by atoms with Gasteiger partial charge >= 0.3 is 5.97 Å². The zero-order valence-corrected chi connectivity index (χ0v) is 20.7. The Labute approximate surface area is 211 Å². The normalized spacial score (nSPS) is 13.4. The third-order valence-corrected chi connectivity index (χ3v) is 6.06. The number of thioether (sulfide) groups is 1. The highest BCUT2D eigenvalue weighted by atomic mass is 32.2. The minimum Gasteiger partial charge on any atom is -0.462 e. The summed E-state index contributed by atoms with van der Waals surface area (Å²) >= 11 is 0.941. The minimum atomic E-state index is -0.674. The van der Waals surface area contributed by atoms with Gasteiger partial charge in [0.15, 0.2) is 5.16 Å². The van der Waals surface area contributed by atoms with Crippen molar-refractivity contribution in [3.8, 4) is 0 Å². The molecule has 0 aliphatic carbocycles. The maximum Gasteiger partial charge on any atom is 0.340 e. The van der Waals surface area contributed by atoms with Crippen LogP contribution in [0.3, 0.4) is 0 Å². The van der Waals surface area contributed by atoms with Gasteiger partial charge in [-0.15, -0.1) is 0 Å². The Balaban J connectivity index is 1.77. The summed E-state index contributed by atoms with van der Waals surface area (Å²) in [5.41, 5.74) is 1.97. The second kappa shape index (κ2) is 10.7. The number of para-hydroxylation sites is 1. The largest absolute Gasteiger partial charge is 0.462 e. The number of hydrogen-bond acceptors (Lipinski definition) is 8. The van der Waals surface area contributed by atoms with Crippen molar-refractivity contribution < 1.29 is 23.5 Å². The van der Waals surface area contributed by atoms with Gasteiger partial charge in [0, 0.05) is 17.1 Å². The zero-order chi connectivity index (χ0) is 25.8. The fourth-order valence-electron chi connectivity index (χ4n) is 3.56. The van der Waals surface area contributed by atoms with E-state index in [-0.39, 0.29) is 28.5 Å². The number of imide groups is 1. The van der Waals surface area contributed by atoms with Crippen LogP contribution in [0.2, 0.25) is 0 Å². The van der Waals surface area contributed by atoms with Crippen molar-refractivity contribution in [1.82, 2.24) is 9.97 Å². The van der Waals surface area contributed by atoms with Crippen molar-refractivity contribution >= 4 is 40.9 Å². The van der Waals surface area contributed by atoms with Crippen LogP contribution < -0.4 is 10.2 Å². The highest BCUT2D eigenvalue weighted by molar-refractivity contribution is 8.04. The van der Waals surface area contributed by atoms with E-state index in [1.54, 1.807) is 32.0 Å². The predicted molar refractivity (Wildman–Crippen MR) is 134 cm³/mol. The fraction of sp³-hybridized carbons (Fsp3) is 0.192. The van der Waals surface area contributed by atoms with E-state index < -0.39 is 23.6 Å². The van der Waals surface area contributed by atoms with Crippen molar-refractivity contribution in [2.75, 3.05) is 16.8 Å². The number of esters is 1. The first-order chi connectivity index (χ1) is 17.3. The van der Waals surface area contributed by atoms with Crippen LogP contribution in [0.5, 0.6) is 0 Å². The molecule has 1 N–H and O–H groups in total. The van der Waals surface area contributed by atoms with Crippen LogP contribution in [-0.2, 0) is 14.3 Å². The Morgan fingerprint density at radius 2 is 1.69 bits per heavy atom. The summed E-state index contributed by atoms with van der Waals surface area (Å²) in [6, 6.07) is 13.4. The lowest BCUT2D eigenvalue weighted by atomic mass is 10.1. The average molecular weight is 507 g/mol. The number of nitrogens with zero attached hydrogens (tertiary/aromatic N) is 3. The van der Waals surface area contributed by atoms with E-state index in [0.717, 1.165) is 16.7 Å². The van der Waals surface area contributed by atoms with Gasteiger partial charge in [-0.05, 0) is 74.5 Å². The molecular formula is C26H23FN4O4S. The third-order valence-electron chi connectivity index (χ3n) is 5.11. The Hall–Kier alpha value is -4.05. The first-order valence-corrected chi connectivity index (χ1v) is 12.0. The molecule has 2 aromatic carbocycles. The van der Waals surface area contributed by atoms with Gasteiger partial charge in [0.25, 0.3) is 11.8 Å². The maximum atomic E-state index is 13.7. The standard InChI is InChI=1S/C26H23FN4O4S/c1-4-13-35-25(34)19-7-5-6-8-20(19)31-23(32)21(30-18-11-9-17(27)10-12-18)22(24(31)33)36-26-28-15(2)14-16(3)29-26/h5-12,14,30H,4,13H2,1-3H3. The van der Waals surface area contributed by atoms with Gasteiger partial charge in [-0.1, -0.05) is 19.1 Å². The lowest BCUT2D eigenvalue weighted by Gasteiger charge is -2.18. The van der Waals surface area contributed by atoms with Crippen molar-refractivity contribution in [3.63, 3.8) is 0 Å². The number of aryl methyl sites for hydroxylation is 2. The van der Waals surface area contributed by atoms with Gasteiger partial charge in [-0.3, -0.25) is 9.59 Å². The number of rotatable bonds is 8. The van der Waals surface area contributed by atoms with Crippen LogP contribution in [0, 0.1) is 19.7 Å². The molecule has 0 radical (unpaired) electrons. The molecule has 1 aromatic heterocycles. The molecule has 0 saturated carbocycles. The Bertz CT molecular complexity index is 1350. The van der Waals surface area contributed by atoms with Gasteiger partial charge in [-0.2, -0.15) is 0 Å². The summed E-state index contributed by atoms with van der Waals surface area (Å²) in [6.07, 6.45) is 0.624. The number of carbonyl (C=O) groups is 3. The molecule has 2 amide bonds. The summed E-state index contributed by atoms with van der Waals surface area (Å²) in [5.74, 6) is -2.40. The number of aromatic nitrogens is 2. The lowest BCUT2D eigenvalue weighted by Crippen LogP contribution is -2.33. The zero-order valence-electron chi connectivity index (χ0n) is 19.9. The van der Waals surface area contributed by atoms with E-state index in [4.69, 9.17) is 4.74 Å². The van der Waals surface area contributed by atoms with E-state index in [9.17, 15) is 18.8 Å². The summed E-state index contributed by atoms with van der Waals surface area (Å²) < 4.78 is 18.7. The first kappa shape index (κ1) is 25.1. The first-order valence-electron chi connectivity index (χ1n) is 11.2. The van der Waals surface area contributed by atoms with Crippen LogP contribution in [0.25, 0.3) is 0 Å². The van der Waals surface area contributed by atoms with E-state index in [1.165, 1.54) is 36.4 Å². The number of benzene rings is 2. The molecule has 0 unspecified atom stereocenters. The molecule has 0 saturated heterocycles. The topological polar surface area (TPSA) is 101 Å². The molecule has 3 aromatic rings. The highest BCUT2D eigenvalue weighted by Crippen LogP contribution is 2.38. The molecule has 0 fully saturated rings. The number of amides is 2. The van der Waals surface area contributed by atoms with Crippen LogP contribution >= 0.6 is 11.8 Å². The van der Waals surface area contributed by atoms with Crippen LogP contribution in [0.4, 0.5) is 15.8 Å².